The van der Waals surface area contributed by atoms with Crippen LogP contribution in [0.4, 0.5) is 0 Å². The van der Waals surface area contributed by atoms with Crippen molar-refractivity contribution in [3.05, 3.63) is 12.2 Å². The quantitative estimate of drug-likeness (QED) is 0.0259. The Hall–Kier alpha value is -0.970. The number of esters is 1. The minimum Gasteiger partial charge on any atom is -0.466 e. The molecule has 0 aromatic rings. The smallest absolute Gasteiger partial charge is 0.306 e. The highest BCUT2D eigenvalue weighted by Crippen LogP contribution is 2.12. The first-order chi connectivity index (χ1) is 20.7. The summed E-state index contributed by atoms with van der Waals surface area (Å²) in [6.45, 7) is 6.00. The molecule has 0 unspecified atom stereocenters. The third kappa shape index (κ3) is 35.2. The Bertz CT molecular complexity index is 609. The maximum absolute atomic E-state index is 11.9. The minimum absolute atomic E-state index is 0.0462. The molecule has 0 atom stereocenters. The zero-order valence-corrected chi connectivity index (χ0v) is 29.1. The predicted octanol–water partition coefficient (Wildman–Crippen LogP) is 11.7. The SMILES string of the molecule is CCCCCCCCC=CCCCCCCCCN=C(N)CCCSCCC(=O)OCCCCCCCCCCCC. The second-order valence-electron chi connectivity index (χ2n) is 12.2. The van der Waals surface area contributed by atoms with Gasteiger partial charge in [-0.05, 0) is 50.7 Å². The van der Waals surface area contributed by atoms with E-state index in [9.17, 15) is 4.79 Å². The molecule has 0 bridgehead atoms. The van der Waals surface area contributed by atoms with E-state index in [0.717, 1.165) is 49.6 Å². The molecule has 0 aliphatic rings. The number of amidine groups is 1. The van der Waals surface area contributed by atoms with Crippen molar-refractivity contribution in [2.45, 2.75) is 187 Å². The van der Waals surface area contributed by atoms with Gasteiger partial charge in [-0.3, -0.25) is 9.79 Å². The topological polar surface area (TPSA) is 64.7 Å². The lowest BCUT2D eigenvalue weighted by atomic mass is 10.1. The summed E-state index contributed by atoms with van der Waals surface area (Å²) in [5.74, 6) is 2.61. The summed E-state index contributed by atoms with van der Waals surface area (Å²) in [7, 11) is 0. The third-order valence-electron chi connectivity index (χ3n) is 7.92. The summed E-state index contributed by atoms with van der Waals surface area (Å²) in [6, 6.07) is 0. The zero-order valence-electron chi connectivity index (χ0n) is 28.3. The zero-order chi connectivity index (χ0) is 30.6. The number of carbonyl (C=O) groups excluding carboxylic acids is 1. The van der Waals surface area contributed by atoms with Crippen LogP contribution in [0.1, 0.15) is 187 Å². The molecule has 2 N–H and O–H groups in total. The normalized spacial score (nSPS) is 12.0. The average Bonchev–Trinajstić information content (AvgIpc) is 2.99. The lowest BCUT2D eigenvalue weighted by Gasteiger charge is -2.06. The van der Waals surface area contributed by atoms with Crippen molar-refractivity contribution in [2.24, 2.45) is 10.7 Å². The summed E-state index contributed by atoms with van der Waals surface area (Å²) in [6.07, 6.45) is 38.8. The Morgan fingerprint density at radius 2 is 1.07 bits per heavy atom. The lowest BCUT2D eigenvalue weighted by molar-refractivity contribution is -0.143. The molecule has 0 aromatic heterocycles. The van der Waals surface area contributed by atoms with E-state index in [1.54, 1.807) is 0 Å². The summed E-state index contributed by atoms with van der Waals surface area (Å²) in [4.78, 5) is 16.5. The summed E-state index contributed by atoms with van der Waals surface area (Å²) >= 11 is 1.82. The van der Waals surface area contributed by atoms with Crippen molar-refractivity contribution in [3.63, 3.8) is 0 Å². The van der Waals surface area contributed by atoms with Gasteiger partial charge in [-0.2, -0.15) is 11.8 Å². The third-order valence-corrected chi connectivity index (χ3v) is 8.99. The minimum atomic E-state index is -0.0462. The molecule has 5 heteroatoms. The monoisotopic (exact) mass is 609 g/mol. The van der Waals surface area contributed by atoms with Gasteiger partial charge in [-0.1, -0.05) is 142 Å². The van der Waals surface area contributed by atoms with Gasteiger partial charge < -0.3 is 10.5 Å². The van der Waals surface area contributed by atoms with Crippen LogP contribution in [0.25, 0.3) is 0 Å². The number of hydrogen-bond donors (Lipinski definition) is 1. The standard InChI is InChI=1S/C37H72N2O2S/c1-3-5-7-9-11-13-15-16-17-18-19-20-21-23-25-27-32-39-36(38)30-29-34-42-35-31-37(40)41-33-28-26-24-22-14-12-10-8-6-4-2/h16-17H,3-15,18-35H2,1-2H3,(H2,38,39). The molecule has 0 aliphatic carbocycles. The number of allylic oxidation sites excluding steroid dienone is 2. The summed E-state index contributed by atoms with van der Waals surface area (Å²) in [5.41, 5.74) is 6.09. The summed E-state index contributed by atoms with van der Waals surface area (Å²) in [5, 5.41) is 0. The van der Waals surface area contributed by atoms with Crippen molar-refractivity contribution in [1.29, 1.82) is 0 Å². The number of nitrogens with zero attached hydrogens (tertiary/aromatic N) is 1. The Labute approximate surface area is 267 Å². The van der Waals surface area contributed by atoms with Gasteiger partial charge in [0.2, 0.25) is 0 Å². The Kier molecular flexibility index (Phi) is 35.4. The first kappa shape index (κ1) is 41.0. The van der Waals surface area contributed by atoms with E-state index >= 15 is 0 Å². The molecule has 42 heavy (non-hydrogen) atoms. The fraction of sp³-hybridized carbons (Fsp3) is 0.892. The van der Waals surface area contributed by atoms with Gasteiger partial charge in [0.15, 0.2) is 0 Å². The van der Waals surface area contributed by atoms with Crippen molar-refractivity contribution in [1.82, 2.24) is 0 Å². The van der Waals surface area contributed by atoms with E-state index < -0.39 is 0 Å². The fourth-order valence-corrected chi connectivity index (χ4v) is 5.99. The van der Waals surface area contributed by atoms with Crippen LogP contribution >= 0.6 is 11.8 Å². The second kappa shape index (κ2) is 36.2. The first-order valence-corrected chi connectivity index (χ1v) is 19.5. The van der Waals surface area contributed by atoms with E-state index in [1.807, 2.05) is 11.8 Å². The Morgan fingerprint density at radius 3 is 1.62 bits per heavy atom. The van der Waals surface area contributed by atoms with E-state index in [4.69, 9.17) is 10.5 Å². The lowest BCUT2D eigenvalue weighted by Crippen LogP contribution is -2.12. The van der Waals surface area contributed by atoms with E-state index in [1.165, 1.54) is 141 Å². The predicted molar refractivity (Wildman–Crippen MR) is 190 cm³/mol. The van der Waals surface area contributed by atoms with E-state index in [-0.39, 0.29) is 5.97 Å². The molecule has 0 radical (unpaired) electrons. The molecule has 0 saturated carbocycles. The maximum atomic E-state index is 11.9. The van der Waals surface area contributed by atoms with Crippen LogP contribution in [0.3, 0.4) is 0 Å². The molecule has 0 heterocycles. The molecule has 0 fully saturated rings. The molecule has 248 valence electrons. The Morgan fingerprint density at radius 1 is 0.595 bits per heavy atom. The number of thioether (sulfide) groups is 1. The highest BCUT2D eigenvalue weighted by molar-refractivity contribution is 7.99. The van der Waals surface area contributed by atoms with Gasteiger partial charge in [-0.25, -0.2) is 0 Å². The van der Waals surface area contributed by atoms with Crippen molar-refractivity contribution < 1.29 is 9.53 Å². The van der Waals surface area contributed by atoms with E-state index in [0.29, 0.717) is 13.0 Å². The Balaban J connectivity index is 3.35. The number of aliphatic imine (C=N–C) groups is 1. The van der Waals surface area contributed by atoms with Gasteiger partial charge in [0.05, 0.1) is 18.9 Å². The van der Waals surface area contributed by atoms with Gasteiger partial charge in [0, 0.05) is 18.7 Å². The molecule has 0 aromatic carbocycles. The second-order valence-corrected chi connectivity index (χ2v) is 13.4. The molecule has 0 aliphatic heterocycles. The molecule has 4 nitrogen and oxygen atoms in total. The van der Waals surface area contributed by atoms with Gasteiger partial charge >= 0.3 is 5.97 Å². The van der Waals surface area contributed by atoms with Crippen LogP contribution in [0, 0.1) is 0 Å². The van der Waals surface area contributed by atoms with Gasteiger partial charge in [0.1, 0.15) is 0 Å². The molecule has 0 spiro atoms. The molecule has 0 amide bonds. The first-order valence-electron chi connectivity index (χ1n) is 18.4. The van der Waals surface area contributed by atoms with Crippen molar-refractivity contribution in [2.75, 3.05) is 24.7 Å². The van der Waals surface area contributed by atoms with Crippen LogP contribution in [-0.2, 0) is 9.53 Å². The average molecular weight is 609 g/mol. The highest BCUT2D eigenvalue weighted by atomic mass is 32.2. The van der Waals surface area contributed by atoms with Gasteiger partial charge in [0.25, 0.3) is 0 Å². The fourth-order valence-electron chi connectivity index (χ4n) is 5.12. The molecular formula is C37H72N2O2S. The van der Waals surface area contributed by atoms with Crippen LogP contribution in [0.15, 0.2) is 17.1 Å². The molecule has 0 rings (SSSR count). The molecule has 0 saturated heterocycles. The van der Waals surface area contributed by atoms with Crippen molar-refractivity contribution in [3.8, 4) is 0 Å². The summed E-state index contributed by atoms with van der Waals surface area (Å²) < 4.78 is 5.39. The van der Waals surface area contributed by atoms with Crippen LogP contribution in [-0.4, -0.2) is 36.5 Å². The number of ether oxygens (including phenoxy) is 1. The number of nitrogens with two attached hydrogens (primary N) is 1. The van der Waals surface area contributed by atoms with Crippen molar-refractivity contribution >= 4 is 23.6 Å². The van der Waals surface area contributed by atoms with Crippen LogP contribution in [0.2, 0.25) is 0 Å². The highest BCUT2D eigenvalue weighted by Gasteiger charge is 2.03. The number of carbonyl (C=O) groups is 1. The number of unbranched alkanes of at least 4 members (excludes halogenated alkanes) is 21. The van der Waals surface area contributed by atoms with E-state index in [2.05, 4.69) is 31.0 Å². The van der Waals surface area contributed by atoms with Crippen LogP contribution < -0.4 is 5.73 Å². The largest absolute Gasteiger partial charge is 0.466 e. The maximum Gasteiger partial charge on any atom is 0.306 e. The van der Waals surface area contributed by atoms with Crippen LogP contribution in [0.5, 0.6) is 0 Å². The number of hydrogen-bond acceptors (Lipinski definition) is 4. The number of rotatable bonds is 34. The van der Waals surface area contributed by atoms with Gasteiger partial charge in [-0.15, -0.1) is 0 Å². The molecular weight excluding hydrogens is 536 g/mol.